The molecule has 0 radical (unpaired) electrons. The van der Waals surface area contributed by atoms with Crippen molar-refractivity contribution in [1.29, 1.82) is 0 Å². The highest BCUT2D eigenvalue weighted by Crippen LogP contribution is 2.37. The number of hydrogen-bond donors (Lipinski definition) is 1. The Hall–Kier alpha value is -1.69. The Kier molecular flexibility index (Phi) is 4.23. The van der Waals surface area contributed by atoms with Crippen LogP contribution in [0.4, 0.5) is 18.9 Å². The molecule has 2 nitrogen and oxygen atoms in total. The van der Waals surface area contributed by atoms with Crippen LogP contribution in [0.1, 0.15) is 11.1 Å². The Morgan fingerprint density at radius 1 is 1.05 bits per heavy atom. The molecule has 2 aromatic carbocycles. The molecule has 0 fully saturated rings. The lowest BCUT2D eigenvalue weighted by molar-refractivity contribution is -0.139. The Bertz CT molecular complexity index is 596. The third-order valence-electron chi connectivity index (χ3n) is 2.62. The molecule has 0 bridgehead atoms. The second kappa shape index (κ2) is 5.75. The number of halogens is 4. The van der Waals surface area contributed by atoms with Gasteiger partial charge in [-0.15, -0.1) is 0 Å². The zero-order valence-electron chi connectivity index (χ0n) is 10.2. The van der Waals surface area contributed by atoms with Crippen molar-refractivity contribution >= 4 is 21.6 Å². The molecule has 106 valence electrons. The summed E-state index contributed by atoms with van der Waals surface area (Å²) in [4.78, 5) is 0. The van der Waals surface area contributed by atoms with Crippen LogP contribution in [0.25, 0.3) is 0 Å². The predicted octanol–water partition coefficient (Wildman–Crippen LogP) is 4.63. The molecule has 0 atom stereocenters. The van der Waals surface area contributed by atoms with Crippen molar-refractivity contribution < 1.29 is 17.9 Å². The Morgan fingerprint density at radius 3 is 2.30 bits per heavy atom. The average molecular weight is 346 g/mol. The maximum atomic E-state index is 12.9. The first-order valence-corrected chi connectivity index (χ1v) is 6.49. The van der Waals surface area contributed by atoms with Gasteiger partial charge in [-0.1, -0.05) is 28.1 Å². The van der Waals surface area contributed by atoms with Gasteiger partial charge in [0.05, 0.1) is 5.56 Å². The van der Waals surface area contributed by atoms with Crippen LogP contribution in [0, 0.1) is 0 Å². The second-order valence-corrected chi connectivity index (χ2v) is 5.08. The van der Waals surface area contributed by atoms with Crippen molar-refractivity contribution in [2.75, 3.05) is 5.73 Å². The normalized spacial score (nSPS) is 11.4. The summed E-state index contributed by atoms with van der Waals surface area (Å²) in [5.74, 6) is -0.227. The van der Waals surface area contributed by atoms with Gasteiger partial charge in [-0.25, -0.2) is 0 Å². The maximum absolute atomic E-state index is 12.9. The van der Waals surface area contributed by atoms with Crippen LogP contribution in [0.5, 0.6) is 5.75 Å². The van der Waals surface area contributed by atoms with Crippen molar-refractivity contribution in [2.24, 2.45) is 0 Å². The summed E-state index contributed by atoms with van der Waals surface area (Å²) < 4.78 is 44.7. The van der Waals surface area contributed by atoms with Crippen molar-refractivity contribution in [3.63, 3.8) is 0 Å². The highest BCUT2D eigenvalue weighted by Gasteiger charge is 2.34. The van der Waals surface area contributed by atoms with Crippen LogP contribution in [0.15, 0.2) is 46.9 Å². The van der Waals surface area contributed by atoms with Gasteiger partial charge in [-0.2, -0.15) is 13.2 Å². The Balaban J connectivity index is 2.19. The zero-order chi connectivity index (χ0) is 14.8. The molecule has 20 heavy (non-hydrogen) atoms. The Labute approximate surface area is 122 Å². The largest absolute Gasteiger partial charge is 0.488 e. The van der Waals surface area contributed by atoms with E-state index < -0.39 is 11.7 Å². The van der Waals surface area contributed by atoms with Gasteiger partial charge in [-0.05, 0) is 35.9 Å². The SMILES string of the molecule is Nc1ccc(OCc2ccc(Br)cc2)c(C(F)(F)F)c1. The van der Waals surface area contributed by atoms with Gasteiger partial charge < -0.3 is 10.5 Å². The summed E-state index contributed by atoms with van der Waals surface area (Å²) in [6, 6.07) is 10.6. The molecule has 0 unspecified atom stereocenters. The number of rotatable bonds is 3. The van der Waals surface area contributed by atoms with E-state index in [1.807, 2.05) is 0 Å². The minimum atomic E-state index is -4.50. The molecule has 0 amide bonds. The molecule has 0 heterocycles. The number of ether oxygens (including phenoxy) is 1. The van der Waals surface area contributed by atoms with E-state index in [0.29, 0.717) is 0 Å². The third kappa shape index (κ3) is 3.66. The van der Waals surface area contributed by atoms with Crippen LogP contribution in [-0.4, -0.2) is 0 Å². The number of hydrogen-bond acceptors (Lipinski definition) is 2. The van der Waals surface area contributed by atoms with Crippen molar-refractivity contribution in [3.8, 4) is 5.75 Å². The molecule has 0 aliphatic carbocycles. The highest BCUT2D eigenvalue weighted by molar-refractivity contribution is 9.10. The lowest BCUT2D eigenvalue weighted by atomic mass is 10.1. The Morgan fingerprint density at radius 2 is 1.70 bits per heavy atom. The summed E-state index contributed by atoms with van der Waals surface area (Å²) in [7, 11) is 0. The molecule has 6 heteroatoms. The average Bonchev–Trinajstić information content (AvgIpc) is 2.38. The molecule has 2 aromatic rings. The first-order chi connectivity index (χ1) is 9.36. The number of benzene rings is 2. The lowest BCUT2D eigenvalue weighted by Gasteiger charge is -2.14. The summed E-state index contributed by atoms with van der Waals surface area (Å²) in [6.45, 7) is 0.0558. The molecule has 0 saturated carbocycles. The summed E-state index contributed by atoms with van der Waals surface area (Å²) in [5, 5.41) is 0. The number of nitrogen functional groups attached to an aromatic ring is 1. The summed E-state index contributed by atoms with van der Waals surface area (Å²) >= 11 is 3.28. The van der Waals surface area contributed by atoms with E-state index in [1.165, 1.54) is 12.1 Å². The molecular formula is C14H11BrF3NO. The monoisotopic (exact) mass is 345 g/mol. The summed E-state index contributed by atoms with van der Waals surface area (Å²) in [6.07, 6.45) is -4.50. The smallest absolute Gasteiger partial charge is 0.420 e. The number of anilines is 1. The third-order valence-corrected chi connectivity index (χ3v) is 3.15. The lowest BCUT2D eigenvalue weighted by Crippen LogP contribution is -2.09. The molecule has 0 aliphatic rings. The van der Waals surface area contributed by atoms with Crippen LogP contribution in [0.2, 0.25) is 0 Å². The van der Waals surface area contributed by atoms with E-state index in [0.717, 1.165) is 16.1 Å². The minimum absolute atomic E-state index is 0.0494. The topological polar surface area (TPSA) is 35.2 Å². The molecule has 2 rings (SSSR count). The van der Waals surface area contributed by atoms with E-state index in [1.54, 1.807) is 24.3 Å². The van der Waals surface area contributed by atoms with E-state index in [4.69, 9.17) is 10.5 Å². The minimum Gasteiger partial charge on any atom is -0.488 e. The molecule has 2 N–H and O–H groups in total. The van der Waals surface area contributed by atoms with Crippen LogP contribution >= 0.6 is 15.9 Å². The van der Waals surface area contributed by atoms with Crippen molar-refractivity contribution in [2.45, 2.75) is 12.8 Å². The van der Waals surface area contributed by atoms with Crippen LogP contribution in [0.3, 0.4) is 0 Å². The van der Waals surface area contributed by atoms with Gasteiger partial charge in [0.1, 0.15) is 12.4 Å². The van der Waals surface area contributed by atoms with Gasteiger partial charge in [-0.3, -0.25) is 0 Å². The fourth-order valence-electron chi connectivity index (χ4n) is 1.64. The van der Waals surface area contributed by atoms with Gasteiger partial charge in [0.2, 0.25) is 0 Å². The predicted molar refractivity (Wildman–Crippen MR) is 74.3 cm³/mol. The van der Waals surface area contributed by atoms with E-state index in [2.05, 4.69) is 15.9 Å². The molecule has 0 spiro atoms. The molecule has 0 aliphatic heterocycles. The van der Waals surface area contributed by atoms with Gasteiger partial charge in [0, 0.05) is 10.2 Å². The fourth-order valence-corrected chi connectivity index (χ4v) is 1.90. The zero-order valence-corrected chi connectivity index (χ0v) is 11.8. The number of nitrogens with two attached hydrogens (primary N) is 1. The molecule has 0 aromatic heterocycles. The first kappa shape index (κ1) is 14.7. The maximum Gasteiger partial charge on any atom is 0.420 e. The van der Waals surface area contributed by atoms with Gasteiger partial charge in [0.15, 0.2) is 0 Å². The van der Waals surface area contributed by atoms with E-state index >= 15 is 0 Å². The van der Waals surface area contributed by atoms with E-state index in [9.17, 15) is 13.2 Å². The van der Waals surface area contributed by atoms with Gasteiger partial charge >= 0.3 is 6.18 Å². The highest BCUT2D eigenvalue weighted by atomic mass is 79.9. The summed E-state index contributed by atoms with van der Waals surface area (Å²) in [5.41, 5.74) is 5.35. The number of alkyl halides is 3. The van der Waals surface area contributed by atoms with Crippen molar-refractivity contribution in [1.82, 2.24) is 0 Å². The molecule has 0 saturated heterocycles. The van der Waals surface area contributed by atoms with Crippen LogP contribution in [-0.2, 0) is 12.8 Å². The standard InChI is InChI=1S/C14H11BrF3NO/c15-10-3-1-9(2-4-10)8-20-13-6-5-11(19)7-12(13)14(16,17)18/h1-7H,8,19H2. The van der Waals surface area contributed by atoms with Gasteiger partial charge in [0.25, 0.3) is 0 Å². The second-order valence-electron chi connectivity index (χ2n) is 4.17. The molecular weight excluding hydrogens is 335 g/mol. The van der Waals surface area contributed by atoms with Crippen LogP contribution < -0.4 is 10.5 Å². The van der Waals surface area contributed by atoms with Crippen molar-refractivity contribution in [3.05, 3.63) is 58.1 Å². The first-order valence-electron chi connectivity index (χ1n) is 5.70. The van der Waals surface area contributed by atoms with E-state index in [-0.39, 0.29) is 18.0 Å². The fraction of sp³-hybridized carbons (Fsp3) is 0.143. The quantitative estimate of drug-likeness (QED) is 0.823.